The molecule has 3 atom stereocenters. The van der Waals surface area contributed by atoms with Crippen molar-refractivity contribution in [1.82, 2.24) is 9.97 Å². The predicted octanol–water partition coefficient (Wildman–Crippen LogP) is 3.43. The lowest BCUT2D eigenvalue weighted by molar-refractivity contribution is -0.00537. The number of aryl methyl sites for hydroxylation is 1. The molecule has 1 aliphatic carbocycles. The van der Waals surface area contributed by atoms with E-state index in [1.165, 1.54) is 35.1 Å². The summed E-state index contributed by atoms with van der Waals surface area (Å²) in [4.78, 5) is 14.3. The standard InChI is InChI=1S/C17H23N3OS/c1-10-4-5-14-13(6-10)15-16(18-9-19-17(15)22-14)20-7-11(2)21-12(3)8-20/h9-12H,4-8H2,1-3H3. The third-order valence-electron chi connectivity index (χ3n) is 4.79. The molecule has 5 heteroatoms. The van der Waals surface area contributed by atoms with E-state index in [1.807, 2.05) is 11.3 Å². The van der Waals surface area contributed by atoms with E-state index in [9.17, 15) is 0 Å². The van der Waals surface area contributed by atoms with Gasteiger partial charge in [-0.15, -0.1) is 11.3 Å². The van der Waals surface area contributed by atoms with Crippen LogP contribution in [0, 0.1) is 5.92 Å². The average molecular weight is 317 g/mol. The minimum absolute atomic E-state index is 0.252. The van der Waals surface area contributed by atoms with Crippen LogP contribution in [0.25, 0.3) is 10.2 Å². The molecule has 118 valence electrons. The Balaban J connectivity index is 1.82. The number of thiophene rings is 1. The lowest BCUT2D eigenvalue weighted by Gasteiger charge is -2.36. The largest absolute Gasteiger partial charge is 0.372 e. The molecule has 2 aliphatic rings. The molecule has 0 spiro atoms. The predicted molar refractivity (Wildman–Crippen MR) is 90.8 cm³/mol. The highest BCUT2D eigenvalue weighted by Crippen LogP contribution is 2.41. The zero-order chi connectivity index (χ0) is 15.3. The first-order valence-electron chi connectivity index (χ1n) is 8.27. The molecule has 2 aromatic rings. The summed E-state index contributed by atoms with van der Waals surface area (Å²) in [5.74, 6) is 1.89. The number of aromatic nitrogens is 2. The summed E-state index contributed by atoms with van der Waals surface area (Å²) in [6, 6.07) is 0. The number of hydrogen-bond donors (Lipinski definition) is 0. The molecule has 0 saturated carbocycles. The monoisotopic (exact) mass is 317 g/mol. The molecule has 0 aromatic carbocycles. The van der Waals surface area contributed by atoms with Crippen LogP contribution in [-0.4, -0.2) is 35.3 Å². The molecule has 0 N–H and O–H groups in total. The second kappa shape index (κ2) is 5.46. The maximum atomic E-state index is 5.88. The zero-order valence-electron chi connectivity index (χ0n) is 13.5. The first-order valence-corrected chi connectivity index (χ1v) is 9.09. The summed E-state index contributed by atoms with van der Waals surface area (Å²) in [5, 5.41) is 1.32. The molecule has 4 nitrogen and oxygen atoms in total. The normalized spacial score (nSPS) is 28.9. The van der Waals surface area contributed by atoms with Gasteiger partial charge in [-0.2, -0.15) is 0 Å². The number of anilines is 1. The van der Waals surface area contributed by atoms with Crippen LogP contribution >= 0.6 is 11.3 Å². The van der Waals surface area contributed by atoms with Gasteiger partial charge < -0.3 is 9.64 Å². The Bertz CT molecular complexity index is 689. The summed E-state index contributed by atoms with van der Waals surface area (Å²) in [7, 11) is 0. The SMILES string of the molecule is CC1CCc2sc3ncnc(N4CC(C)OC(C)C4)c3c2C1. The number of hydrogen-bond acceptors (Lipinski definition) is 5. The minimum atomic E-state index is 0.252. The van der Waals surface area contributed by atoms with E-state index in [0.29, 0.717) is 0 Å². The zero-order valence-corrected chi connectivity index (χ0v) is 14.3. The van der Waals surface area contributed by atoms with Crippen LogP contribution in [0.3, 0.4) is 0 Å². The van der Waals surface area contributed by atoms with E-state index in [-0.39, 0.29) is 12.2 Å². The Morgan fingerprint density at radius 3 is 2.73 bits per heavy atom. The second-order valence-electron chi connectivity index (χ2n) is 6.89. The molecular formula is C17H23N3OS. The third-order valence-corrected chi connectivity index (χ3v) is 5.99. The minimum Gasteiger partial charge on any atom is -0.372 e. The van der Waals surface area contributed by atoms with Crippen molar-refractivity contribution < 1.29 is 4.74 Å². The van der Waals surface area contributed by atoms with Crippen LogP contribution in [0.1, 0.15) is 37.6 Å². The maximum absolute atomic E-state index is 5.88. The van der Waals surface area contributed by atoms with Crippen molar-refractivity contribution in [2.75, 3.05) is 18.0 Å². The maximum Gasteiger partial charge on any atom is 0.141 e. The van der Waals surface area contributed by atoms with Gasteiger partial charge in [0.25, 0.3) is 0 Å². The van der Waals surface area contributed by atoms with Gasteiger partial charge in [0.1, 0.15) is 17.0 Å². The molecule has 3 unspecified atom stereocenters. The quantitative estimate of drug-likeness (QED) is 0.808. The highest BCUT2D eigenvalue weighted by atomic mass is 32.1. The highest BCUT2D eigenvalue weighted by Gasteiger charge is 2.28. The summed E-state index contributed by atoms with van der Waals surface area (Å²) in [6.07, 6.45) is 5.91. The summed E-state index contributed by atoms with van der Waals surface area (Å²) in [5.41, 5.74) is 1.51. The van der Waals surface area contributed by atoms with Gasteiger partial charge in [-0.05, 0) is 44.6 Å². The fourth-order valence-corrected chi connectivity index (χ4v) is 5.03. The van der Waals surface area contributed by atoms with Crippen molar-refractivity contribution in [2.45, 2.75) is 52.2 Å². The van der Waals surface area contributed by atoms with Gasteiger partial charge in [-0.25, -0.2) is 9.97 Å². The number of morpholine rings is 1. The van der Waals surface area contributed by atoms with Crippen LogP contribution in [0.5, 0.6) is 0 Å². The van der Waals surface area contributed by atoms with E-state index in [0.717, 1.165) is 29.7 Å². The lowest BCUT2D eigenvalue weighted by atomic mass is 9.88. The van der Waals surface area contributed by atoms with Gasteiger partial charge >= 0.3 is 0 Å². The van der Waals surface area contributed by atoms with Gasteiger partial charge in [0.2, 0.25) is 0 Å². The number of rotatable bonds is 1. The number of ether oxygens (including phenoxy) is 1. The molecule has 0 amide bonds. The molecule has 22 heavy (non-hydrogen) atoms. The van der Waals surface area contributed by atoms with Crippen molar-refractivity contribution in [1.29, 1.82) is 0 Å². The second-order valence-corrected chi connectivity index (χ2v) is 7.98. The van der Waals surface area contributed by atoms with Crippen molar-refractivity contribution in [3.8, 4) is 0 Å². The van der Waals surface area contributed by atoms with E-state index in [4.69, 9.17) is 4.74 Å². The van der Waals surface area contributed by atoms with Crippen molar-refractivity contribution in [2.24, 2.45) is 5.92 Å². The van der Waals surface area contributed by atoms with Gasteiger partial charge in [0, 0.05) is 18.0 Å². The summed E-state index contributed by atoms with van der Waals surface area (Å²) >= 11 is 1.87. The lowest BCUT2D eigenvalue weighted by Crippen LogP contribution is -2.46. The summed E-state index contributed by atoms with van der Waals surface area (Å²) in [6.45, 7) is 8.47. The summed E-state index contributed by atoms with van der Waals surface area (Å²) < 4.78 is 5.88. The third kappa shape index (κ3) is 2.40. The fraction of sp³-hybridized carbons (Fsp3) is 0.647. The van der Waals surface area contributed by atoms with Crippen molar-refractivity contribution >= 4 is 27.4 Å². The first-order chi connectivity index (χ1) is 10.6. The molecular weight excluding hydrogens is 294 g/mol. The topological polar surface area (TPSA) is 38.2 Å². The molecule has 0 radical (unpaired) electrons. The van der Waals surface area contributed by atoms with Crippen LogP contribution < -0.4 is 4.90 Å². The van der Waals surface area contributed by atoms with Crippen LogP contribution in [0.15, 0.2) is 6.33 Å². The van der Waals surface area contributed by atoms with Gasteiger partial charge in [0.15, 0.2) is 0 Å². The Labute approximate surface area is 135 Å². The van der Waals surface area contributed by atoms with Gasteiger partial charge in [0.05, 0.1) is 17.6 Å². The molecule has 1 saturated heterocycles. The number of fused-ring (bicyclic) bond motifs is 3. The molecule has 1 aliphatic heterocycles. The van der Waals surface area contributed by atoms with E-state index >= 15 is 0 Å². The first kappa shape index (κ1) is 14.4. The van der Waals surface area contributed by atoms with Crippen molar-refractivity contribution in [3.05, 3.63) is 16.8 Å². The van der Waals surface area contributed by atoms with E-state index < -0.39 is 0 Å². The van der Waals surface area contributed by atoms with Crippen LogP contribution in [-0.2, 0) is 17.6 Å². The molecule has 4 rings (SSSR count). The van der Waals surface area contributed by atoms with Crippen LogP contribution in [0.4, 0.5) is 5.82 Å². The van der Waals surface area contributed by atoms with E-state index in [1.54, 1.807) is 6.33 Å². The number of nitrogens with zero attached hydrogens (tertiary/aromatic N) is 3. The Morgan fingerprint density at radius 1 is 1.18 bits per heavy atom. The van der Waals surface area contributed by atoms with Crippen LogP contribution in [0.2, 0.25) is 0 Å². The Kier molecular flexibility index (Phi) is 3.57. The molecule has 0 bridgehead atoms. The molecule has 3 heterocycles. The van der Waals surface area contributed by atoms with E-state index in [2.05, 4.69) is 35.6 Å². The molecule has 2 aromatic heterocycles. The highest BCUT2D eigenvalue weighted by molar-refractivity contribution is 7.19. The Hall–Kier alpha value is -1.20. The average Bonchev–Trinajstić information content (AvgIpc) is 2.84. The fourth-order valence-electron chi connectivity index (χ4n) is 3.86. The van der Waals surface area contributed by atoms with Gasteiger partial charge in [-0.3, -0.25) is 0 Å². The Morgan fingerprint density at radius 2 is 1.95 bits per heavy atom. The van der Waals surface area contributed by atoms with Crippen molar-refractivity contribution in [3.63, 3.8) is 0 Å². The smallest absolute Gasteiger partial charge is 0.141 e. The molecule has 1 fully saturated rings. The van der Waals surface area contributed by atoms with Gasteiger partial charge in [-0.1, -0.05) is 6.92 Å².